The van der Waals surface area contributed by atoms with E-state index in [0.717, 1.165) is 41.8 Å². The molecule has 0 atom stereocenters. The molecule has 0 aliphatic rings. The highest BCUT2D eigenvalue weighted by molar-refractivity contribution is 5.63. The summed E-state index contributed by atoms with van der Waals surface area (Å²) < 4.78 is 1.66. The highest BCUT2D eigenvalue weighted by Gasteiger charge is 2.16. The molecule has 0 amide bonds. The zero-order chi connectivity index (χ0) is 16.2. The lowest BCUT2D eigenvalue weighted by atomic mass is 10.0. The predicted molar refractivity (Wildman–Crippen MR) is 95.2 cm³/mol. The molecule has 0 unspecified atom stereocenters. The Morgan fingerprint density at radius 3 is 2.35 bits per heavy atom. The van der Waals surface area contributed by atoms with Crippen LogP contribution in [0.3, 0.4) is 0 Å². The Labute approximate surface area is 136 Å². The second-order valence-electron chi connectivity index (χ2n) is 5.91. The number of aromatic amines is 1. The van der Waals surface area contributed by atoms with Gasteiger partial charge in [-0.2, -0.15) is 0 Å². The fourth-order valence-corrected chi connectivity index (χ4v) is 2.78. The van der Waals surface area contributed by atoms with Gasteiger partial charge < -0.3 is 0 Å². The van der Waals surface area contributed by atoms with E-state index in [4.69, 9.17) is 0 Å². The molecule has 1 N–H and O–H groups in total. The zero-order valence-corrected chi connectivity index (χ0v) is 13.7. The van der Waals surface area contributed by atoms with Gasteiger partial charge in [-0.1, -0.05) is 61.4 Å². The van der Waals surface area contributed by atoms with Crippen molar-refractivity contribution in [3.8, 4) is 16.9 Å². The van der Waals surface area contributed by atoms with Crippen LogP contribution < -0.4 is 5.56 Å². The molecular weight excluding hydrogens is 284 g/mol. The molecule has 0 radical (unpaired) electrons. The van der Waals surface area contributed by atoms with Gasteiger partial charge in [0.15, 0.2) is 0 Å². The van der Waals surface area contributed by atoms with Crippen LogP contribution in [0.5, 0.6) is 0 Å². The van der Waals surface area contributed by atoms with Crippen LogP contribution >= 0.6 is 0 Å². The summed E-state index contributed by atoms with van der Waals surface area (Å²) in [6, 6.07) is 18.1. The maximum Gasteiger partial charge on any atom is 0.275 e. The van der Waals surface area contributed by atoms with Gasteiger partial charge in [0.1, 0.15) is 0 Å². The van der Waals surface area contributed by atoms with Crippen molar-refractivity contribution in [3.63, 3.8) is 0 Å². The molecule has 0 saturated carbocycles. The molecule has 3 aromatic rings. The molecule has 0 bridgehead atoms. The number of nitrogens with zero attached hydrogens (tertiary/aromatic N) is 1. The van der Waals surface area contributed by atoms with Gasteiger partial charge >= 0.3 is 0 Å². The Kier molecular flexibility index (Phi) is 4.47. The maximum absolute atomic E-state index is 12.9. The summed E-state index contributed by atoms with van der Waals surface area (Å²) in [5.41, 5.74) is 4.98. The van der Waals surface area contributed by atoms with Gasteiger partial charge in [0.2, 0.25) is 0 Å². The fourth-order valence-electron chi connectivity index (χ4n) is 2.78. The van der Waals surface area contributed by atoms with E-state index in [1.54, 1.807) is 4.68 Å². The number of aromatic nitrogens is 2. The number of unbranched alkanes of at least 4 members (excludes halogenated alkanes) is 1. The van der Waals surface area contributed by atoms with Crippen LogP contribution in [0.2, 0.25) is 0 Å². The average molecular weight is 306 g/mol. The Balaban J connectivity index is 2.13. The van der Waals surface area contributed by atoms with Crippen molar-refractivity contribution >= 4 is 0 Å². The van der Waals surface area contributed by atoms with Crippen LogP contribution in [0.1, 0.15) is 30.9 Å². The van der Waals surface area contributed by atoms with Crippen molar-refractivity contribution in [3.05, 3.63) is 76.1 Å². The minimum Gasteiger partial charge on any atom is -0.290 e. The number of rotatable bonds is 5. The smallest absolute Gasteiger partial charge is 0.275 e. The summed E-state index contributed by atoms with van der Waals surface area (Å²) in [5, 5.41) is 3.32. The number of nitrogens with one attached hydrogen (secondary N) is 1. The largest absolute Gasteiger partial charge is 0.290 e. The molecule has 23 heavy (non-hydrogen) atoms. The number of hydrogen-bond acceptors (Lipinski definition) is 1. The number of benzene rings is 2. The quantitative estimate of drug-likeness (QED) is 0.741. The summed E-state index contributed by atoms with van der Waals surface area (Å²) in [7, 11) is 0. The minimum absolute atomic E-state index is 0.0566. The van der Waals surface area contributed by atoms with E-state index in [1.807, 2.05) is 61.5 Å². The first kappa shape index (κ1) is 15.3. The van der Waals surface area contributed by atoms with Crippen LogP contribution in [-0.4, -0.2) is 9.78 Å². The Bertz CT molecular complexity index is 826. The predicted octanol–water partition coefficient (Wildman–Crippen LogP) is 4.48. The number of H-pyrrole nitrogens is 1. The topological polar surface area (TPSA) is 37.8 Å². The summed E-state index contributed by atoms with van der Waals surface area (Å²) >= 11 is 0. The van der Waals surface area contributed by atoms with Gasteiger partial charge in [-0.15, -0.1) is 0 Å². The van der Waals surface area contributed by atoms with Crippen molar-refractivity contribution in [2.24, 2.45) is 0 Å². The molecular formula is C20H22N2O. The third-order valence-electron chi connectivity index (χ3n) is 4.12. The van der Waals surface area contributed by atoms with Gasteiger partial charge in [0.05, 0.1) is 11.4 Å². The molecule has 1 heterocycles. The van der Waals surface area contributed by atoms with Crippen molar-refractivity contribution in [1.82, 2.24) is 9.78 Å². The molecule has 0 fully saturated rings. The van der Waals surface area contributed by atoms with Crippen molar-refractivity contribution in [2.75, 3.05) is 0 Å². The second kappa shape index (κ2) is 6.69. The maximum atomic E-state index is 12.9. The molecule has 0 saturated heterocycles. The molecule has 118 valence electrons. The summed E-state index contributed by atoms with van der Waals surface area (Å²) in [5.74, 6) is 0. The van der Waals surface area contributed by atoms with Crippen LogP contribution in [0.4, 0.5) is 0 Å². The molecule has 3 heteroatoms. The Morgan fingerprint density at radius 2 is 1.70 bits per heavy atom. The lowest BCUT2D eigenvalue weighted by Crippen LogP contribution is -2.17. The first-order valence-electron chi connectivity index (χ1n) is 8.17. The first-order chi connectivity index (χ1) is 11.2. The normalized spacial score (nSPS) is 10.9. The monoisotopic (exact) mass is 306 g/mol. The Morgan fingerprint density at radius 1 is 1.00 bits per heavy atom. The van der Waals surface area contributed by atoms with Gasteiger partial charge in [0, 0.05) is 5.56 Å². The van der Waals surface area contributed by atoms with Gasteiger partial charge in [-0.3, -0.25) is 9.89 Å². The first-order valence-corrected chi connectivity index (χ1v) is 8.17. The average Bonchev–Trinajstić information content (AvgIpc) is 2.91. The standard InChI is InChI=1S/C20H22N2O/c1-3-4-10-18-19(16-8-6-5-7-9-16)21-22(20(18)23)17-13-11-15(2)12-14-17/h5-9,11-14,21H,3-4,10H2,1-2H3. The highest BCUT2D eigenvalue weighted by Crippen LogP contribution is 2.22. The van der Waals surface area contributed by atoms with Crippen molar-refractivity contribution in [2.45, 2.75) is 33.1 Å². The molecule has 2 aromatic carbocycles. The van der Waals surface area contributed by atoms with Crippen LogP contribution in [0.15, 0.2) is 59.4 Å². The lowest BCUT2D eigenvalue weighted by molar-refractivity contribution is 0.786. The summed E-state index contributed by atoms with van der Waals surface area (Å²) in [4.78, 5) is 12.9. The van der Waals surface area contributed by atoms with E-state index in [9.17, 15) is 4.79 Å². The van der Waals surface area contributed by atoms with E-state index in [2.05, 4.69) is 12.0 Å². The molecule has 0 spiro atoms. The van der Waals surface area contributed by atoms with E-state index in [0.29, 0.717) is 0 Å². The van der Waals surface area contributed by atoms with E-state index in [-0.39, 0.29) is 5.56 Å². The van der Waals surface area contributed by atoms with Crippen molar-refractivity contribution in [1.29, 1.82) is 0 Å². The van der Waals surface area contributed by atoms with Crippen LogP contribution in [-0.2, 0) is 6.42 Å². The van der Waals surface area contributed by atoms with E-state index >= 15 is 0 Å². The number of hydrogen-bond donors (Lipinski definition) is 1. The summed E-state index contributed by atoms with van der Waals surface area (Å²) in [6.07, 6.45) is 2.89. The minimum atomic E-state index is 0.0566. The molecule has 3 rings (SSSR count). The highest BCUT2D eigenvalue weighted by atomic mass is 16.1. The summed E-state index contributed by atoms with van der Waals surface area (Å²) in [6.45, 7) is 4.19. The molecule has 0 aliphatic heterocycles. The lowest BCUT2D eigenvalue weighted by Gasteiger charge is -2.03. The van der Waals surface area contributed by atoms with E-state index in [1.165, 1.54) is 5.56 Å². The van der Waals surface area contributed by atoms with Gasteiger partial charge in [0.25, 0.3) is 5.56 Å². The van der Waals surface area contributed by atoms with Crippen LogP contribution in [0, 0.1) is 6.92 Å². The van der Waals surface area contributed by atoms with Crippen LogP contribution in [0.25, 0.3) is 16.9 Å². The van der Waals surface area contributed by atoms with Gasteiger partial charge in [-0.25, -0.2) is 4.68 Å². The van der Waals surface area contributed by atoms with E-state index < -0.39 is 0 Å². The molecule has 3 nitrogen and oxygen atoms in total. The molecule has 1 aromatic heterocycles. The third kappa shape index (κ3) is 3.14. The fraction of sp³-hybridized carbons (Fsp3) is 0.250. The van der Waals surface area contributed by atoms with Gasteiger partial charge in [-0.05, 0) is 37.5 Å². The zero-order valence-electron chi connectivity index (χ0n) is 13.7. The Hall–Kier alpha value is -2.55. The SMILES string of the molecule is CCCCc1c(-c2ccccc2)[nH]n(-c2ccc(C)cc2)c1=O. The van der Waals surface area contributed by atoms with Crippen molar-refractivity contribution < 1.29 is 0 Å². The number of aryl methyl sites for hydroxylation is 1. The molecule has 0 aliphatic carbocycles. The second-order valence-corrected chi connectivity index (χ2v) is 5.91. The third-order valence-corrected chi connectivity index (χ3v) is 4.12.